The van der Waals surface area contributed by atoms with Crippen LogP contribution in [0, 0.1) is 0 Å². The Bertz CT molecular complexity index is 261. The van der Waals surface area contributed by atoms with E-state index in [1.165, 1.54) is 0 Å². The highest BCUT2D eigenvalue weighted by Crippen LogP contribution is 2.26. The third-order valence-electron chi connectivity index (χ3n) is 2.26. The van der Waals surface area contributed by atoms with Gasteiger partial charge in [0.15, 0.2) is 5.79 Å². The number of carboxylic acids is 1. The average Bonchev–Trinajstić information content (AvgIpc) is 2.53. The van der Waals surface area contributed by atoms with Crippen LogP contribution in [0.4, 0.5) is 0 Å². The van der Waals surface area contributed by atoms with Gasteiger partial charge >= 0.3 is 5.97 Å². The van der Waals surface area contributed by atoms with Crippen LogP contribution in [0.15, 0.2) is 12.7 Å². The summed E-state index contributed by atoms with van der Waals surface area (Å²) in [5.74, 6) is -1.62. The van der Waals surface area contributed by atoms with Gasteiger partial charge in [-0.2, -0.15) is 0 Å². The Morgan fingerprint density at radius 1 is 1.75 bits per heavy atom. The van der Waals surface area contributed by atoms with Gasteiger partial charge in [-0.25, -0.2) is 4.79 Å². The molecule has 5 heteroatoms. The molecule has 0 aromatic rings. The highest BCUT2D eigenvalue weighted by atomic mass is 16.7. The fraction of sp³-hybridized carbons (Fsp3) is 0.727. The first kappa shape index (κ1) is 13.2. The van der Waals surface area contributed by atoms with Gasteiger partial charge in [-0.15, -0.1) is 6.58 Å². The van der Waals surface area contributed by atoms with Crippen molar-refractivity contribution >= 4 is 5.97 Å². The highest BCUT2D eigenvalue weighted by Gasteiger charge is 2.37. The van der Waals surface area contributed by atoms with Crippen LogP contribution in [0.1, 0.15) is 20.3 Å². The molecule has 92 valence electrons. The van der Waals surface area contributed by atoms with Crippen LogP contribution in [0.2, 0.25) is 0 Å². The average molecular weight is 230 g/mol. The summed E-state index contributed by atoms with van der Waals surface area (Å²) in [5.41, 5.74) is 0. The fourth-order valence-corrected chi connectivity index (χ4v) is 1.57. The summed E-state index contributed by atoms with van der Waals surface area (Å²) >= 11 is 0. The molecule has 1 saturated heterocycles. The highest BCUT2D eigenvalue weighted by molar-refractivity contribution is 5.68. The van der Waals surface area contributed by atoms with E-state index < -0.39 is 11.8 Å². The summed E-state index contributed by atoms with van der Waals surface area (Å²) in [6.07, 6.45) is 1.65. The lowest BCUT2D eigenvalue weighted by Gasteiger charge is -2.23. The van der Waals surface area contributed by atoms with E-state index in [-0.39, 0.29) is 18.8 Å². The normalized spacial score (nSPS) is 25.2. The Kier molecular flexibility index (Phi) is 4.46. The molecule has 0 spiro atoms. The Hall–Kier alpha value is -0.910. The van der Waals surface area contributed by atoms with Crippen LogP contribution >= 0.6 is 0 Å². The maximum Gasteiger partial charge on any atom is 0.329 e. The molecule has 1 aliphatic rings. The smallest absolute Gasteiger partial charge is 0.329 e. The lowest BCUT2D eigenvalue weighted by Crippen LogP contribution is -2.34. The molecule has 0 aromatic heterocycles. The van der Waals surface area contributed by atoms with E-state index >= 15 is 0 Å². The van der Waals surface area contributed by atoms with Gasteiger partial charge in [0.05, 0.1) is 12.7 Å². The van der Waals surface area contributed by atoms with Crippen molar-refractivity contribution in [2.24, 2.45) is 0 Å². The first-order valence-electron chi connectivity index (χ1n) is 5.20. The molecule has 1 fully saturated rings. The molecule has 0 unspecified atom stereocenters. The van der Waals surface area contributed by atoms with E-state index in [4.69, 9.17) is 19.3 Å². The Morgan fingerprint density at radius 2 is 2.44 bits per heavy atom. The molecule has 0 amide bonds. The van der Waals surface area contributed by atoms with Gasteiger partial charge < -0.3 is 19.3 Å². The Balaban J connectivity index is 2.50. The number of rotatable bonds is 6. The van der Waals surface area contributed by atoms with Gasteiger partial charge in [0.2, 0.25) is 0 Å². The predicted octanol–water partition coefficient (Wildman–Crippen LogP) is 1.18. The van der Waals surface area contributed by atoms with Crippen molar-refractivity contribution in [1.82, 2.24) is 0 Å². The van der Waals surface area contributed by atoms with Crippen LogP contribution in [0.5, 0.6) is 0 Å². The maximum atomic E-state index is 10.4. The first-order chi connectivity index (χ1) is 7.44. The zero-order valence-corrected chi connectivity index (χ0v) is 9.64. The summed E-state index contributed by atoms with van der Waals surface area (Å²) < 4.78 is 16.3. The largest absolute Gasteiger partial charge is 0.480 e. The number of aliphatic carboxylic acids is 1. The van der Waals surface area contributed by atoms with Crippen molar-refractivity contribution in [2.75, 3.05) is 13.2 Å². The molecular formula is C11H18O5. The Morgan fingerprint density at radius 3 is 2.88 bits per heavy atom. The summed E-state index contributed by atoms with van der Waals surface area (Å²) in [5, 5.41) is 8.55. The van der Waals surface area contributed by atoms with Crippen molar-refractivity contribution in [3.8, 4) is 0 Å². The number of ether oxygens (including phenoxy) is 3. The molecule has 2 atom stereocenters. The molecule has 1 N–H and O–H groups in total. The molecular weight excluding hydrogens is 212 g/mol. The zero-order valence-electron chi connectivity index (χ0n) is 9.64. The minimum Gasteiger partial charge on any atom is -0.480 e. The summed E-state index contributed by atoms with van der Waals surface area (Å²) in [7, 11) is 0. The number of carboxylic acid groups (broad SMARTS) is 1. The quantitative estimate of drug-likeness (QED) is 0.694. The van der Waals surface area contributed by atoms with Gasteiger partial charge in [0.25, 0.3) is 0 Å². The van der Waals surface area contributed by atoms with Gasteiger partial charge in [0, 0.05) is 0 Å². The third-order valence-corrected chi connectivity index (χ3v) is 2.26. The minimum absolute atomic E-state index is 0.243. The van der Waals surface area contributed by atoms with Gasteiger partial charge in [-0.05, 0) is 20.3 Å². The molecule has 5 nitrogen and oxygen atoms in total. The zero-order chi connectivity index (χ0) is 12.2. The molecule has 1 aliphatic heterocycles. The van der Waals surface area contributed by atoms with Crippen molar-refractivity contribution in [3.05, 3.63) is 12.7 Å². The molecule has 1 heterocycles. The SMILES string of the molecule is C=CC[C@H](OCC(=O)O)[C@H]1COC(C)(C)O1. The topological polar surface area (TPSA) is 65.0 Å². The molecule has 0 aliphatic carbocycles. The van der Waals surface area contributed by atoms with Gasteiger partial charge in [-0.1, -0.05) is 6.08 Å². The molecule has 16 heavy (non-hydrogen) atoms. The predicted molar refractivity (Wildman–Crippen MR) is 57.1 cm³/mol. The first-order valence-corrected chi connectivity index (χ1v) is 5.20. The van der Waals surface area contributed by atoms with Crippen LogP contribution < -0.4 is 0 Å². The molecule has 0 radical (unpaired) electrons. The number of hydrogen-bond acceptors (Lipinski definition) is 4. The lowest BCUT2D eigenvalue weighted by atomic mass is 10.1. The second-order valence-electron chi connectivity index (χ2n) is 4.13. The van der Waals surface area contributed by atoms with Crippen LogP contribution in [-0.4, -0.2) is 42.3 Å². The maximum absolute atomic E-state index is 10.4. The fourth-order valence-electron chi connectivity index (χ4n) is 1.57. The summed E-state index contributed by atoms with van der Waals surface area (Å²) in [4.78, 5) is 10.4. The van der Waals surface area contributed by atoms with E-state index in [0.717, 1.165) is 0 Å². The van der Waals surface area contributed by atoms with E-state index in [2.05, 4.69) is 6.58 Å². The Labute approximate surface area is 95.0 Å². The van der Waals surface area contributed by atoms with Crippen molar-refractivity contribution in [1.29, 1.82) is 0 Å². The summed E-state index contributed by atoms with van der Waals surface area (Å²) in [6, 6.07) is 0. The van der Waals surface area contributed by atoms with Crippen LogP contribution in [-0.2, 0) is 19.0 Å². The van der Waals surface area contributed by atoms with Crippen molar-refractivity contribution < 1.29 is 24.1 Å². The second kappa shape index (κ2) is 5.43. The van der Waals surface area contributed by atoms with Gasteiger partial charge in [0.1, 0.15) is 12.7 Å². The number of hydrogen-bond donors (Lipinski definition) is 1. The molecule has 0 bridgehead atoms. The molecule has 0 saturated carbocycles. The second-order valence-corrected chi connectivity index (χ2v) is 4.13. The molecule has 0 aromatic carbocycles. The van der Waals surface area contributed by atoms with Crippen molar-refractivity contribution in [2.45, 2.75) is 38.3 Å². The van der Waals surface area contributed by atoms with E-state index in [9.17, 15) is 4.79 Å². The van der Waals surface area contributed by atoms with Crippen molar-refractivity contribution in [3.63, 3.8) is 0 Å². The summed E-state index contributed by atoms with van der Waals surface area (Å²) in [6.45, 7) is 7.31. The third kappa shape index (κ3) is 3.92. The van der Waals surface area contributed by atoms with Gasteiger partial charge in [-0.3, -0.25) is 0 Å². The lowest BCUT2D eigenvalue weighted by molar-refractivity contribution is -0.162. The number of carbonyl (C=O) groups is 1. The van der Waals surface area contributed by atoms with E-state index in [1.54, 1.807) is 6.08 Å². The van der Waals surface area contributed by atoms with E-state index in [1.807, 2.05) is 13.8 Å². The molecule has 1 rings (SSSR count). The van der Waals surface area contributed by atoms with E-state index in [0.29, 0.717) is 13.0 Å². The van der Waals surface area contributed by atoms with Crippen LogP contribution in [0.25, 0.3) is 0 Å². The minimum atomic E-state index is -0.993. The standard InChI is InChI=1S/C11H18O5/c1-4-5-8(14-7-10(12)13)9-6-15-11(2,3)16-9/h4,8-9H,1,5-7H2,2-3H3,(H,12,13)/t8-,9+/m0/s1. The monoisotopic (exact) mass is 230 g/mol. The van der Waals surface area contributed by atoms with Crippen LogP contribution in [0.3, 0.4) is 0 Å².